The van der Waals surface area contributed by atoms with E-state index in [1.807, 2.05) is 67.7 Å². The summed E-state index contributed by atoms with van der Waals surface area (Å²) in [7, 11) is 3.57. The number of ether oxygens (including phenoxy) is 2. The number of nitrogens with one attached hydrogen (secondary N) is 1. The third kappa shape index (κ3) is 3.68. The van der Waals surface area contributed by atoms with Crippen LogP contribution in [0.5, 0.6) is 17.4 Å². The van der Waals surface area contributed by atoms with Crippen molar-refractivity contribution in [1.82, 2.24) is 10.3 Å². The monoisotopic (exact) mass is 476 g/mol. The van der Waals surface area contributed by atoms with Crippen molar-refractivity contribution in [1.29, 1.82) is 0 Å². The van der Waals surface area contributed by atoms with Gasteiger partial charge in [-0.25, -0.2) is 4.98 Å². The van der Waals surface area contributed by atoms with E-state index in [0.29, 0.717) is 24.6 Å². The lowest BCUT2D eigenvalue weighted by molar-refractivity contribution is 0.0110. The molecule has 4 aromatic carbocycles. The van der Waals surface area contributed by atoms with E-state index in [0.717, 1.165) is 44.1 Å². The van der Waals surface area contributed by atoms with E-state index in [4.69, 9.17) is 14.5 Å². The summed E-state index contributed by atoms with van der Waals surface area (Å²) in [6.07, 6.45) is 0.506. The van der Waals surface area contributed by atoms with E-state index in [1.54, 1.807) is 7.11 Å². The maximum Gasteiger partial charge on any atom is 0.223 e. The zero-order valence-corrected chi connectivity index (χ0v) is 20.4. The highest BCUT2D eigenvalue weighted by Crippen LogP contribution is 2.51. The Bertz CT molecular complexity index is 1570. The van der Waals surface area contributed by atoms with Gasteiger partial charge in [-0.3, -0.25) is 0 Å². The third-order valence-electron chi connectivity index (χ3n) is 7.21. The number of hydrogen-bond acceptors (Lipinski definition) is 5. The molecule has 1 aliphatic rings. The molecule has 1 aliphatic heterocycles. The first kappa shape index (κ1) is 22.5. The normalized spacial score (nSPS) is 18.8. The van der Waals surface area contributed by atoms with Crippen molar-refractivity contribution < 1.29 is 14.6 Å². The fourth-order valence-corrected chi connectivity index (χ4v) is 5.49. The maximum absolute atomic E-state index is 12.9. The molecule has 5 nitrogen and oxygen atoms in total. The topological polar surface area (TPSA) is 63.6 Å². The fourth-order valence-electron chi connectivity index (χ4n) is 5.49. The predicted molar refractivity (Wildman–Crippen MR) is 143 cm³/mol. The summed E-state index contributed by atoms with van der Waals surface area (Å²) in [5.41, 5.74) is 2.28. The molecule has 0 amide bonds. The van der Waals surface area contributed by atoms with E-state index in [9.17, 15) is 5.11 Å². The van der Waals surface area contributed by atoms with E-state index in [1.165, 1.54) is 0 Å². The molecule has 0 spiro atoms. The van der Waals surface area contributed by atoms with E-state index >= 15 is 0 Å². The molecule has 36 heavy (non-hydrogen) atoms. The number of benzene rings is 4. The zero-order valence-electron chi connectivity index (χ0n) is 20.4. The number of rotatable bonds is 5. The van der Waals surface area contributed by atoms with Crippen LogP contribution in [0.15, 0.2) is 91.0 Å². The smallest absolute Gasteiger partial charge is 0.223 e. The third-order valence-corrected chi connectivity index (χ3v) is 7.21. The Morgan fingerprint density at radius 3 is 2.56 bits per heavy atom. The minimum Gasteiger partial charge on any atom is -0.497 e. The van der Waals surface area contributed by atoms with Crippen LogP contribution in [0.2, 0.25) is 0 Å². The first-order valence-corrected chi connectivity index (χ1v) is 12.2. The van der Waals surface area contributed by atoms with Crippen molar-refractivity contribution in [2.45, 2.75) is 17.9 Å². The summed E-state index contributed by atoms with van der Waals surface area (Å²) in [6.45, 7) is 0.642. The quantitative estimate of drug-likeness (QED) is 0.319. The summed E-state index contributed by atoms with van der Waals surface area (Å²) in [4.78, 5) is 4.94. The van der Waals surface area contributed by atoms with Gasteiger partial charge in [0.2, 0.25) is 5.88 Å². The Kier molecular flexibility index (Phi) is 5.59. The SMILES string of the molecule is CNCC[C@]1(O)c2cc(cc3ccccc23)Oc2nc3ccc(OC)cc3cc2[C@H]1c1ccccc1. The Morgan fingerprint density at radius 1 is 0.944 bits per heavy atom. The van der Waals surface area contributed by atoms with Crippen LogP contribution in [0.4, 0.5) is 0 Å². The van der Waals surface area contributed by atoms with Crippen LogP contribution in [-0.4, -0.2) is 30.8 Å². The minimum atomic E-state index is -1.23. The van der Waals surface area contributed by atoms with Crippen molar-refractivity contribution >= 4 is 21.7 Å². The van der Waals surface area contributed by atoms with E-state index < -0.39 is 11.5 Å². The molecule has 2 N–H and O–H groups in total. The predicted octanol–water partition coefficient (Wildman–Crippen LogP) is 6.13. The van der Waals surface area contributed by atoms with E-state index in [-0.39, 0.29) is 0 Å². The van der Waals surface area contributed by atoms with Crippen molar-refractivity contribution in [3.63, 3.8) is 0 Å². The Labute approximate surface area is 210 Å². The molecule has 0 fully saturated rings. The second-order valence-electron chi connectivity index (χ2n) is 9.36. The molecule has 0 aliphatic carbocycles. The van der Waals surface area contributed by atoms with Crippen LogP contribution in [-0.2, 0) is 5.60 Å². The summed E-state index contributed by atoms with van der Waals surface area (Å²) < 4.78 is 12.0. The van der Waals surface area contributed by atoms with Crippen LogP contribution in [0.1, 0.15) is 29.0 Å². The molecule has 2 heterocycles. The first-order valence-electron chi connectivity index (χ1n) is 12.2. The lowest BCUT2D eigenvalue weighted by Crippen LogP contribution is -2.38. The van der Waals surface area contributed by atoms with Crippen LogP contribution in [0.25, 0.3) is 21.7 Å². The number of fused-ring (bicyclic) bond motifs is 6. The van der Waals surface area contributed by atoms with Crippen molar-refractivity contribution in [2.75, 3.05) is 20.7 Å². The number of aliphatic hydroxyl groups is 1. The highest BCUT2D eigenvalue weighted by molar-refractivity contribution is 5.89. The number of hydrogen-bond donors (Lipinski definition) is 2. The van der Waals surface area contributed by atoms with Crippen LogP contribution in [0, 0.1) is 0 Å². The van der Waals surface area contributed by atoms with Crippen LogP contribution >= 0.6 is 0 Å². The molecule has 180 valence electrons. The standard InChI is InChI=1S/C31H28N2O3/c1-32-15-14-31(34)27-19-24(16-21-10-6-7-11-25(21)27)36-30-26(29(31)20-8-4-3-5-9-20)18-22-17-23(35-2)12-13-28(22)33-30/h3-13,16-19,29,32,34H,14-15H2,1-2H3/t29-,31+/m1/s1. The Hall–Kier alpha value is -3.93. The van der Waals surface area contributed by atoms with Crippen molar-refractivity contribution in [2.24, 2.45) is 0 Å². The molecular formula is C31H28N2O3. The molecule has 0 saturated carbocycles. The lowest BCUT2D eigenvalue weighted by Gasteiger charge is -2.40. The molecule has 0 radical (unpaired) electrons. The highest BCUT2D eigenvalue weighted by Gasteiger charge is 2.44. The van der Waals surface area contributed by atoms with Crippen LogP contribution in [0.3, 0.4) is 0 Å². The molecule has 2 atom stereocenters. The molecule has 0 saturated heterocycles. The van der Waals surface area contributed by atoms with Gasteiger partial charge in [-0.15, -0.1) is 0 Å². The molecule has 0 unspecified atom stereocenters. The lowest BCUT2D eigenvalue weighted by atomic mass is 9.70. The largest absolute Gasteiger partial charge is 0.497 e. The van der Waals surface area contributed by atoms with Crippen molar-refractivity contribution in [3.8, 4) is 17.4 Å². The zero-order chi connectivity index (χ0) is 24.7. The molecule has 6 rings (SSSR count). The molecule has 5 aromatic rings. The van der Waals surface area contributed by atoms with Gasteiger partial charge in [-0.2, -0.15) is 0 Å². The number of methoxy groups -OCH3 is 1. The molecule has 5 heteroatoms. The second-order valence-corrected chi connectivity index (χ2v) is 9.36. The van der Waals surface area contributed by atoms with Crippen LogP contribution < -0.4 is 14.8 Å². The summed E-state index contributed by atoms with van der Waals surface area (Å²) >= 11 is 0. The van der Waals surface area contributed by atoms with Gasteiger partial charge in [-0.05, 0) is 78.3 Å². The average molecular weight is 477 g/mol. The fraction of sp³-hybridized carbons (Fsp3) is 0.194. The van der Waals surface area contributed by atoms with Gasteiger partial charge >= 0.3 is 0 Å². The number of pyridine rings is 1. The molecule has 1 aromatic heterocycles. The van der Waals surface area contributed by atoms with Gasteiger partial charge < -0.3 is 19.9 Å². The van der Waals surface area contributed by atoms with Gasteiger partial charge in [-0.1, -0.05) is 54.6 Å². The summed E-state index contributed by atoms with van der Waals surface area (Å²) in [6, 6.07) is 30.2. The average Bonchev–Trinajstić information content (AvgIpc) is 2.91. The Balaban J connectivity index is 1.72. The van der Waals surface area contributed by atoms with Crippen molar-refractivity contribution in [3.05, 3.63) is 108 Å². The molecule has 2 bridgehead atoms. The second kappa shape index (κ2) is 8.94. The minimum absolute atomic E-state index is 0.413. The maximum atomic E-state index is 12.9. The number of nitrogens with zero attached hydrogens (tertiary/aromatic N) is 1. The van der Waals surface area contributed by atoms with E-state index in [2.05, 4.69) is 35.6 Å². The summed E-state index contributed by atoms with van der Waals surface area (Å²) in [5.74, 6) is 1.52. The van der Waals surface area contributed by atoms with Gasteiger partial charge in [0.25, 0.3) is 0 Å². The van der Waals surface area contributed by atoms with Gasteiger partial charge in [0, 0.05) is 16.9 Å². The number of aromatic nitrogens is 1. The van der Waals surface area contributed by atoms with Gasteiger partial charge in [0.15, 0.2) is 0 Å². The molecular weight excluding hydrogens is 448 g/mol. The van der Waals surface area contributed by atoms with Gasteiger partial charge in [0.05, 0.1) is 12.6 Å². The van der Waals surface area contributed by atoms with Gasteiger partial charge in [0.1, 0.15) is 17.1 Å². The highest BCUT2D eigenvalue weighted by atomic mass is 16.5. The first-order chi connectivity index (χ1) is 17.6. The summed E-state index contributed by atoms with van der Waals surface area (Å²) in [5, 5.41) is 19.1. The Morgan fingerprint density at radius 2 is 1.75 bits per heavy atom.